The molecule has 29 heavy (non-hydrogen) atoms. The Kier molecular flexibility index (Phi) is 4.45. The first-order valence-electron chi connectivity index (χ1n) is 8.97. The molecule has 5 nitrogen and oxygen atoms in total. The van der Waals surface area contributed by atoms with E-state index in [9.17, 15) is 4.79 Å². The fourth-order valence-electron chi connectivity index (χ4n) is 3.70. The molecule has 0 fully saturated rings. The van der Waals surface area contributed by atoms with E-state index in [2.05, 4.69) is 31.1 Å². The summed E-state index contributed by atoms with van der Waals surface area (Å²) < 4.78 is 0.983. The molecule has 3 heterocycles. The molecule has 1 aliphatic heterocycles. The molecule has 2 aromatic carbocycles. The number of hydrogen-bond acceptors (Lipinski definition) is 3. The first-order valence-corrected chi connectivity index (χ1v) is 10.1. The smallest absolute Gasteiger partial charge is 0.277 e. The van der Waals surface area contributed by atoms with Gasteiger partial charge in [-0.2, -0.15) is 5.10 Å². The Morgan fingerprint density at radius 1 is 1.03 bits per heavy atom. The fourth-order valence-corrected chi connectivity index (χ4v) is 4.09. The number of benzene rings is 2. The number of carbonyl (C=O) groups excluding carboxylic acids is 1. The number of H-pyrrole nitrogens is 1. The number of aromatic amines is 1. The van der Waals surface area contributed by atoms with E-state index in [4.69, 9.17) is 11.6 Å². The molecule has 0 aliphatic carbocycles. The summed E-state index contributed by atoms with van der Waals surface area (Å²) >= 11 is 9.53. The molecule has 1 atom stereocenters. The molecule has 7 heteroatoms. The van der Waals surface area contributed by atoms with Crippen LogP contribution in [0.15, 0.2) is 77.5 Å². The predicted octanol–water partition coefficient (Wildman–Crippen LogP) is 5.64. The number of amides is 1. The largest absolute Gasteiger partial charge is 0.295 e. The molecule has 1 aliphatic rings. The van der Waals surface area contributed by atoms with Crippen molar-refractivity contribution in [2.24, 2.45) is 0 Å². The fraction of sp³-hybridized carbons (Fsp3) is 0.0455. The summed E-state index contributed by atoms with van der Waals surface area (Å²) in [6, 6.07) is 18.7. The van der Waals surface area contributed by atoms with Gasteiger partial charge in [-0.05, 0) is 48.0 Å². The van der Waals surface area contributed by atoms with Crippen molar-refractivity contribution in [3.63, 3.8) is 0 Å². The number of nitrogens with zero attached hydrogens (tertiary/aromatic N) is 3. The lowest BCUT2D eigenvalue weighted by atomic mass is 9.97. The number of pyridine rings is 1. The number of rotatable bonds is 3. The first-order chi connectivity index (χ1) is 14.1. The molecule has 0 radical (unpaired) electrons. The average molecular weight is 466 g/mol. The van der Waals surface area contributed by atoms with Crippen molar-refractivity contribution in [1.29, 1.82) is 0 Å². The molecule has 2 aromatic heterocycles. The molecule has 4 aromatic rings. The van der Waals surface area contributed by atoms with Gasteiger partial charge < -0.3 is 0 Å². The normalized spacial score (nSPS) is 15.6. The zero-order valence-corrected chi connectivity index (χ0v) is 17.4. The minimum atomic E-state index is -0.343. The molecule has 1 N–H and O–H groups in total. The summed E-state index contributed by atoms with van der Waals surface area (Å²) in [5.74, 6) is -0.132. The summed E-state index contributed by atoms with van der Waals surface area (Å²) in [4.78, 5) is 19.4. The Balaban J connectivity index is 1.71. The number of carbonyl (C=O) groups is 1. The van der Waals surface area contributed by atoms with Crippen LogP contribution in [0, 0.1) is 0 Å². The zero-order chi connectivity index (χ0) is 20.0. The van der Waals surface area contributed by atoms with E-state index in [1.54, 1.807) is 29.4 Å². The van der Waals surface area contributed by atoms with Crippen molar-refractivity contribution in [2.45, 2.75) is 6.04 Å². The lowest BCUT2D eigenvalue weighted by Crippen LogP contribution is -2.29. The highest BCUT2D eigenvalue weighted by molar-refractivity contribution is 9.10. The Morgan fingerprint density at radius 2 is 1.79 bits per heavy atom. The van der Waals surface area contributed by atoms with E-state index in [1.165, 1.54) is 0 Å². The molecule has 5 rings (SSSR count). The molecule has 0 bridgehead atoms. The van der Waals surface area contributed by atoms with Crippen LogP contribution in [-0.4, -0.2) is 21.1 Å². The van der Waals surface area contributed by atoms with Crippen molar-refractivity contribution in [2.75, 3.05) is 4.90 Å². The topological polar surface area (TPSA) is 61.9 Å². The van der Waals surface area contributed by atoms with Crippen molar-refractivity contribution in [3.05, 3.63) is 99.4 Å². The lowest BCUT2D eigenvalue weighted by molar-refractivity contribution is 0.0989. The van der Waals surface area contributed by atoms with Crippen molar-refractivity contribution in [1.82, 2.24) is 15.2 Å². The minimum Gasteiger partial charge on any atom is -0.295 e. The Bertz CT molecular complexity index is 1190. The molecule has 0 saturated heterocycles. The van der Waals surface area contributed by atoms with Gasteiger partial charge in [-0.15, -0.1) is 0 Å². The van der Waals surface area contributed by atoms with E-state index >= 15 is 0 Å². The van der Waals surface area contributed by atoms with Crippen molar-refractivity contribution in [3.8, 4) is 11.3 Å². The third-order valence-electron chi connectivity index (χ3n) is 4.99. The van der Waals surface area contributed by atoms with Crippen LogP contribution in [-0.2, 0) is 0 Å². The highest BCUT2D eigenvalue weighted by atomic mass is 79.9. The summed E-state index contributed by atoms with van der Waals surface area (Å²) in [6.45, 7) is 0. The second kappa shape index (κ2) is 7.13. The van der Waals surface area contributed by atoms with Gasteiger partial charge in [0.2, 0.25) is 0 Å². The second-order valence-electron chi connectivity index (χ2n) is 6.71. The first kappa shape index (κ1) is 18.1. The van der Waals surface area contributed by atoms with Gasteiger partial charge in [0, 0.05) is 38.7 Å². The van der Waals surface area contributed by atoms with Gasteiger partial charge in [-0.1, -0.05) is 45.7 Å². The number of hydrogen-bond donors (Lipinski definition) is 1. The van der Waals surface area contributed by atoms with Gasteiger partial charge in [0.05, 0.1) is 11.7 Å². The minimum absolute atomic E-state index is 0.132. The third kappa shape index (κ3) is 3.05. The van der Waals surface area contributed by atoms with Crippen LogP contribution in [0.1, 0.15) is 27.7 Å². The van der Waals surface area contributed by atoms with Crippen LogP contribution < -0.4 is 4.90 Å². The van der Waals surface area contributed by atoms with Gasteiger partial charge in [0.1, 0.15) is 5.69 Å². The summed E-state index contributed by atoms with van der Waals surface area (Å²) in [5, 5.41) is 8.06. The molecule has 1 amide bonds. The van der Waals surface area contributed by atoms with E-state index in [0.29, 0.717) is 10.7 Å². The molecule has 0 spiro atoms. The molecule has 142 valence electrons. The second-order valence-corrected chi connectivity index (χ2v) is 8.06. The van der Waals surface area contributed by atoms with Gasteiger partial charge in [0.25, 0.3) is 5.91 Å². The van der Waals surface area contributed by atoms with Crippen LogP contribution in [0.3, 0.4) is 0 Å². The van der Waals surface area contributed by atoms with Crippen molar-refractivity contribution >= 4 is 39.1 Å². The van der Waals surface area contributed by atoms with Gasteiger partial charge in [-0.3, -0.25) is 19.8 Å². The van der Waals surface area contributed by atoms with E-state index in [-0.39, 0.29) is 11.9 Å². The number of halogens is 2. The quantitative estimate of drug-likeness (QED) is 0.426. The number of fused-ring (bicyclic) bond motifs is 1. The van der Waals surface area contributed by atoms with Crippen LogP contribution in [0.4, 0.5) is 5.69 Å². The lowest BCUT2D eigenvalue weighted by Gasteiger charge is -2.26. The predicted molar refractivity (Wildman–Crippen MR) is 116 cm³/mol. The van der Waals surface area contributed by atoms with Gasteiger partial charge in [0.15, 0.2) is 0 Å². The Hall–Kier alpha value is -2.96. The summed E-state index contributed by atoms with van der Waals surface area (Å²) in [5.41, 5.74) is 4.71. The molecule has 0 unspecified atom stereocenters. The van der Waals surface area contributed by atoms with E-state index < -0.39 is 0 Å². The average Bonchev–Trinajstić information content (AvgIpc) is 3.29. The number of nitrogens with one attached hydrogen (secondary N) is 1. The highest BCUT2D eigenvalue weighted by Crippen LogP contribution is 2.44. The van der Waals surface area contributed by atoms with Gasteiger partial charge in [-0.25, -0.2) is 0 Å². The standard InChI is InChI=1S/C22H14BrClN4O/c23-15-5-3-13(4-6-15)19-18-20(27-26-19)22(29)28(17-9-7-16(24)8-10-17)21(18)14-2-1-11-25-12-14/h1-12,21H,(H,26,27)/t21-/m0/s1. The van der Waals surface area contributed by atoms with Crippen LogP contribution in [0.25, 0.3) is 11.3 Å². The third-order valence-corrected chi connectivity index (χ3v) is 5.77. The monoisotopic (exact) mass is 464 g/mol. The molecular formula is C22H14BrClN4O. The maximum Gasteiger partial charge on any atom is 0.277 e. The van der Waals surface area contributed by atoms with E-state index in [0.717, 1.165) is 32.5 Å². The number of anilines is 1. The van der Waals surface area contributed by atoms with Gasteiger partial charge >= 0.3 is 0 Å². The number of aromatic nitrogens is 3. The summed E-state index contributed by atoms with van der Waals surface area (Å²) in [6.07, 6.45) is 3.51. The molecular weight excluding hydrogens is 452 g/mol. The van der Waals surface area contributed by atoms with Crippen molar-refractivity contribution < 1.29 is 4.79 Å². The van der Waals surface area contributed by atoms with Crippen LogP contribution >= 0.6 is 27.5 Å². The SMILES string of the molecule is O=C1c2[nH]nc(-c3ccc(Br)cc3)c2[C@H](c2cccnc2)N1c1ccc(Cl)cc1. The Morgan fingerprint density at radius 3 is 2.48 bits per heavy atom. The maximum absolute atomic E-state index is 13.4. The van der Waals surface area contributed by atoms with E-state index in [1.807, 2.05) is 48.5 Å². The maximum atomic E-state index is 13.4. The van der Waals surface area contributed by atoms with Crippen LogP contribution in [0.5, 0.6) is 0 Å². The highest BCUT2D eigenvalue weighted by Gasteiger charge is 2.43. The summed E-state index contributed by atoms with van der Waals surface area (Å²) in [7, 11) is 0. The molecule has 0 saturated carbocycles. The Labute approximate surface area is 180 Å². The zero-order valence-electron chi connectivity index (χ0n) is 15.0. The van der Waals surface area contributed by atoms with Crippen LogP contribution in [0.2, 0.25) is 5.02 Å².